The van der Waals surface area contributed by atoms with Gasteiger partial charge in [-0.1, -0.05) is 30.3 Å². The Hall–Kier alpha value is -2.69. The molecule has 0 aliphatic rings. The number of carbonyl (C=O) groups is 1. The van der Waals surface area contributed by atoms with Crippen molar-refractivity contribution in [2.45, 2.75) is 6.61 Å². The van der Waals surface area contributed by atoms with E-state index in [1.165, 1.54) is 12.1 Å². The van der Waals surface area contributed by atoms with Gasteiger partial charge in [-0.3, -0.25) is 14.9 Å². The van der Waals surface area contributed by atoms with E-state index in [4.69, 9.17) is 4.74 Å². The maximum atomic E-state index is 10.8. The van der Waals surface area contributed by atoms with Crippen molar-refractivity contribution >= 4 is 12.0 Å². The van der Waals surface area contributed by atoms with Crippen molar-refractivity contribution in [2.24, 2.45) is 0 Å². The molecule has 5 heteroatoms. The number of nitro benzene ring substituents is 1. The summed E-state index contributed by atoms with van der Waals surface area (Å²) in [5.41, 5.74) is 0.752. The molecule has 0 N–H and O–H groups in total. The maximum Gasteiger partial charge on any atom is 0.283 e. The average Bonchev–Trinajstić information content (AvgIpc) is 2.46. The van der Waals surface area contributed by atoms with Gasteiger partial charge in [0.15, 0.2) is 6.29 Å². The Labute approximate surface area is 109 Å². The number of nitro groups is 1. The largest absolute Gasteiger partial charge is 0.489 e. The van der Waals surface area contributed by atoms with E-state index in [1.807, 2.05) is 30.3 Å². The number of benzene rings is 2. The summed E-state index contributed by atoms with van der Waals surface area (Å²) >= 11 is 0. The predicted molar refractivity (Wildman–Crippen MR) is 69.3 cm³/mol. The van der Waals surface area contributed by atoms with Crippen LogP contribution in [0.15, 0.2) is 48.5 Å². The number of nitrogens with zero attached hydrogens (tertiary/aromatic N) is 1. The molecule has 0 fully saturated rings. The molecule has 0 bridgehead atoms. The maximum absolute atomic E-state index is 10.8. The Morgan fingerprint density at radius 1 is 1.16 bits per heavy atom. The highest BCUT2D eigenvalue weighted by Crippen LogP contribution is 2.24. The first-order chi connectivity index (χ1) is 9.20. The zero-order valence-corrected chi connectivity index (χ0v) is 9.98. The quantitative estimate of drug-likeness (QED) is 0.469. The molecule has 0 aromatic heterocycles. The topological polar surface area (TPSA) is 69.4 Å². The first kappa shape index (κ1) is 12.8. The molecule has 0 heterocycles. The summed E-state index contributed by atoms with van der Waals surface area (Å²) in [5.74, 6) is 0.362. The molecule has 2 rings (SSSR count). The number of carbonyl (C=O) groups excluding carboxylic acids is 1. The van der Waals surface area contributed by atoms with Crippen LogP contribution in [0.5, 0.6) is 5.75 Å². The van der Waals surface area contributed by atoms with Crippen LogP contribution in [0.1, 0.15) is 15.9 Å². The van der Waals surface area contributed by atoms with Crippen molar-refractivity contribution < 1.29 is 14.5 Å². The number of aldehydes is 1. The molecule has 0 aliphatic heterocycles. The van der Waals surface area contributed by atoms with E-state index in [0.717, 1.165) is 5.56 Å². The first-order valence-electron chi connectivity index (χ1n) is 5.61. The minimum absolute atomic E-state index is 0.0389. The van der Waals surface area contributed by atoms with E-state index in [0.29, 0.717) is 18.6 Å². The Kier molecular flexibility index (Phi) is 3.87. The summed E-state index contributed by atoms with van der Waals surface area (Å²) in [4.78, 5) is 20.9. The van der Waals surface area contributed by atoms with Crippen molar-refractivity contribution in [3.63, 3.8) is 0 Å². The number of rotatable bonds is 5. The highest BCUT2D eigenvalue weighted by molar-refractivity contribution is 5.81. The van der Waals surface area contributed by atoms with Crippen LogP contribution in [-0.4, -0.2) is 11.2 Å². The Morgan fingerprint density at radius 3 is 2.53 bits per heavy atom. The standard InChI is InChI=1S/C14H11NO4/c16-9-12-6-7-13(8-14(12)15(17)18)19-10-11-4-2-1-3-5-11/h1-9H,10H2. The van der Waals surface area contributed by atoms with Gasteiger partial charge in [-0.05, 0) is 17.7 Å². The zero-order valence-electron chi connectivity index (χ0n) is 9.98. The molecule has 2 aromatic rings. The van der Waals surface area contributed by atoms with Gasteiger partial charge in [0.05, 0.1) is 16.6 Å². The van der Waals surface area contributed by atoms with Gasteiger partial charge in [0.2, 0.25) is 0 Å². The highest BCUT2D eigenvalue weighted by Gasteiger charge is 2.14. The lowest BCUT2D eigenvalue weighted by atomic mass is 10.2. The smallest absolute Gasteiger partial charge is 0.283 e. The molecule has 96 valence electrons. The molecule has 0 spiro atoms. The zero-order chi connectivity index (χ0) is 13.7. The Bertz CT molecular complexity index is 596. The molecule has 5 nitrogen and oxygen atoms in total. The normalized spacial score (nSPS) is 9.89. The van der Waals surface area contributed by atoms with E-state index in [9.17, 15) is 14.9 Å². The molecule has 0 atom stereocenters. The van der Waals surface area contributed by atoms with Gasteiger partial charge in [0, 0.05) is 0 Å². The minimum Gasteiger partial charge on any atom is -0.489 e. The van der Waals surface area contributed by atoms with Crippen LogP contribution < -0.4 is 4.74 Å². The molecular formula is C14H11NO4. The molecule has 0 aliphatic carbocycles. The van der Waals surface area contributed by atoms with Gasteiger partial charge in [-0.2, -0.15) is 0 Å². The van der Waals surface area contributed by atoms with Crippen molar-refractivity contribution in [1.29, 1.82) is 0 Å². The number of hydrogen-bond acceptors (Lipinski definition) is 4. The highest BCUT2D eigenvalue weighted by atomic mass is 16.6. The molecule has 0 unspecified atom stereocenters. The van der Waals surface area contributed by atoms with Crippen LogP contribution in [0.4, 0.5) is 5.69 Å². The van der Waals surface area contributed by atoms with E-state index in [1.54, 1.807) is 6.07 Å². The van der Waals surface area contributed by atoms with Crippen molar-refractivity contribution in [3.8, 4) is 5.75 Å². The van der Waals surface area contributed by atoms with Crippen LogP contribution in [0.3, 0.4) is 0 Å². The third kappa shape index (κ3) is 3.16. The molecule has 2 aromatic carbocycles. The van der Waals surface area contributed by atoms with Crippen LogP contribution in [-0.2, 0) is 6.61 Å². The average molecular weight is 257 g/mol. The van der Waals surface area contributed by atoms with Gasteiger partial charge < -0.3 is 4.74 Å². The van der Waals surface area contributed by atoms with E-state index in [-0.39, 0.29) is 11.3 Å². The van der Waals surface area contributed by atoms with Gasteiger partial charge >= 0.3 is 0 Å². The lowest BCUT2D eigenvalue weighted by Crippen LogP contribution is -1.98. The van der Waals surface area contributed by atoms with E-state index < -0.39 is 4.92 Å². The summed E-state index contributed by atoms with van der Waals surface area (Å²) < 4.78 is 5.46. The Balaban J connectivity index is 2.15. The summed E-state index contributed by atoms with van der Waals surface area (Å²) in [6.07, 6.45) is 0.457. The third-order valence-corrected chi connectivity index (χ3v) is 2.57. The second kappa shape index (κ2) is 5.77. The lowest BCUT2D eigenvalue weighted by Gasteiger charge is -2.06. The van der Waals surface area contributed by atoms with Gasteiger partial charge in [0.1, 0.15) is 12.4 Å². The van der Waals surface area contributed by atoms with Crippen LogP contribution >= 0.6 is 0 Å². The fourth-order valence-electron chi connectivity index (χ4n) is 1.61. The Morgan fingerprint density at radius 2 is 1.89 bits per heavy atom. The van der Waals surface area contributed by atoms with Crippen LogP contribution in [0.25, 0.3) is 0 Å². The summed E-state index contributed by atoms with van der Waals surface area (Å²) in [7, 11) is 0. The fraction of sp³-hybridized carbons (Fsp3) is 0.0714. The second-order valence-corrected chi connectivity index (χ2v) is 3.87. The monoisotopic (exact) mass is 257 g/mol. The van der Waals surface area contributed by atoms with Crippen LogP contribution in [0, 0.1) is 10.1 Å². The van der Waals surface area contributed by atoms with E-state index in [2.05, 4.69) is 0 Å². The summed E-state index contributed by atoms with van der Waals surface area (Å²) in [6.45, 7) is 0.318. The predicted octanol–water partition coefficient (Wildman–Crippen LogP) is 2.99. The van der Waals surface area contributed by atoms with Crippen molar-refractivity contribution in [1.82, 2.24) is 0 Å². The minimum atomic E-state index is -0.598. The van der Waals surface area contributed by atoms with Gasteiger partial charge in [0.25, 0.3) is 5.69 Å². The van der Waals surface area contributed by atoms with Crippen molar-refractivity contribution in [3.05, 3.63) is 69.8 Å². The molecule has 0 saturated carbocycles. The SMILES string of the molecule is O=Cc1ccc(OCc2ccccc2)cc1[N+](=O)[O-]. The fourth-order valence-corrected chi connectivity index (χ4v) is 1.61. The summed E-state index contributed by atoms with van der Waals surface area (Å²) in [6, 6.07) is 13.6. The third-order valence-electron chi connectivity index (χ3n) is 2.57. The molecular weight excluding hydrogens is 246 g/mol. The molecule has 0 radical (unpaired) electrons. The van der Waals surface area contributed by atoms with Crippen LogP contribution in [0.2, 0.25) is 0 Å². The van der Waals surface area contributed by atoms with Gasteiger partial charge in [-0.15, -0.1) is 0 Å². The van der Waals surface area contributed by atoms with Gasteiger partial charge in [-0.25, -0.2) is 0 Å². The summed E-state index contributed by atoms with van der Waals surface area (Å²) in [5, 5.41) is 10.8. The number of ether oxygens (including phenoxy) is 1. The second-order valence-electron chi connectivity index (χ2n) is 3.87. The molecule has 0 saturated heterocycles. The molecule has 19 heavy (non-hydrogen) atoms. The van der Waals surface area contributed by atoms with Crippen molar-refractivity contribution in [2.75, 3.05) is 0 Å². The first-order valence-corrected chi connectivity index (χ1v) is 5.61. The lowest BCUT2D eigenvalue weighted by molar-refractivity contribution is -0.385. The number of hydrogen-bond donors (Lipinski definition) is 0. The van der Waals surface area contributed by atoms with E-state index >= 15 is 0 Å². The molecule has 0 amide bonds.